The maximum absolute atomic E-state index is 4.20. The third kappa shape index (κ3) is 1.55. The van der Waals surface area contributed by atoms with Crippen LogP contribution in [0.3, 0.4) is 0 Å². The molecule has 66 valence electrons. The lowest BCUT2D eigenvalue weighted by molar-refractivity contribution is 1.32. The van der Waals surface area contributed by atoms with Crippen LogP contribution in [-0.2, 0) is 0 Å². The predicted octanol–water partition coefficient (Wildman–Crippen LogP) is 3.46. The van der Waals surface area contributed by atoms with Gasteiger partial charge in [-0.25, -0.2) is 0 Å². The van der Waals surface area contributed by atoms with E-state index in [4.69, 9.17) is 0 Å². The minimum atomic E-state index is 1.22. The minimum Gasteiger partial charge on any atom is -0.263 e. The van der Waals surface area contributed by atoms with Gasteiger partial charge in [-0.1, -0.05) is 17.7 Å². The van der Waals surface area contributed by atoms with E-state index in [1.54, 1.807) is 0 Å². The zero-order valence-corrected chi connectivity index (χ0v) is 9.79. The van der Waals surface area contributed by atoms with Gasteiger partial charge in [0.25, 0.3) is 0 Å². The van der Waals surface area contributed by atoms with E-state index in [0.29, 0.717) is 0 Å². The highest BCUT2D eigenvalue weighted by molar-refractivity contribution is 14.1. The highest BCUT2D eigenvalue weighted by Gasteiger charge is 2.01. The van der Waals surface area contributed by atoms with Crippen LogP contribution in [0.4, 0.5) is 0 Å². The quantitative estimate of drug-likeness (QED) is 0.675. The minimum absolute atomic E-state index is 1.22. The summed E-state index contributed by atoms with van der Waals surface area (Å²) < 4.78 is 1.22. The molecule has 0 saturated carbocycles. The Morgan fingerprint density at radius 1 is 1.08 bits per heavy atom. The van der Waals surface area contributed by atoms with Crippen LogP contribution in [0.25, 0.3) is 10.8 Å². The van der Waals surface area contributed by atoms with Crippen LogP contribution in [0.5, 0.6) is 0 Å². The normalized spacial score (nSPS) is 10.7. The molecular formula is C11H10IN. The topological polar surface area (TPSA) is 12.9 Å². The van der Waals surface area contributed by atoms with Crippen LogP contribution in [0.1, 0.15) is 11.1 Å². The van der Waals surface area contributed by atoms with E-state index in [1.165, 1.54) is 25.5 Å². The van der Waals surface area contributed by atoms with Gasteiger partial charge >= 0.3 is 0 Å². The van der Waals surface area contributed by atoms with E-state index in [0.717, 1.165) is 0 Å². The average Bonchev–Trinajstić information content (AvgIpc) is 2.07. The van der Waals surface area contributed by atoms with E-state index in [1.807, 2.05) is 12.4 Å². The van der Waals surface area contributed by atoms with Gasteiger partial charge in [-0.05, 0) is 47.4 Å². The molecule has 0 atom stereocenters. The van der Waals surface area contributed by atoms with Crippen LogP contribution in [0.15, 0.2) is 24.5 Å². The Hall–Kier alpha value is -0.640. The molecule has 0 saturated heterocycles. The molecule has 1 nitrogen and oxygen atoms in total. The van der Waals surface area contributed by atoms with E-state index in [-0.39, 0.29) is 0 Å². The third-order valence-corrected chi connectivity index (χ3v) is 3.04. The zero-order chi connectivity index (χ0) is 9.42. The second kappa shape index (κ2) is 3.25. The van der Waals surface area contributed by atoms with Gasteiger partial charge < -0.3 is 0 Å². The SMILES string of the molecule is Cc1cc(C)c2cncc(I)c2c1. The highest BCUT2D eigenvalue weighted by Crippen LogP contribution is 2.23. The smallest absolute Gasteiger partial charge is 0.0408 e. The summed E-state index contributed by atoms with van der Waals surface area (Å²) in [5.74, 6) is 0. The molecule has 1 aromatic heterocycles. The van der Waals surface area contributed by atoms with Gasteiger partial charge in [-0.15, -0.1) is 0 Å². The van der Waals surface area contributed by atoms with Crippen LogP contribution in [-0.4, -0.2) is 4.98 Å². The molecule has 2 aromatic rings. The van der Waals surface area contributed by atoms with Gasteiger partial charge in [-0.2, -0.15) is 0 Å². The van der Waals surface area contributed by atoms with Crippen molar-refractivity contribution in [2.24, 2.45) is 0 Å². The molecule has 1 heterocycles. The number of aryl methyl sites for hydroxylation is 2. The Kier molecular flexibility index (Phi) is 2.24. The van der Waals surface area contributed by atoms with Crippen LogP contribution >= 0.6 is 22.6 Å². The van der Waals surface area contributed by atoms with Gasteiger partial charge in [0.1, 0.15) is 0 Å². The molecule has 0 unspecified atom stereocenters. The molecule has 0 aliphatic heterocycles. The standard InChI is InChI=1S/C11H10IN/c1-7-3-8(2)10-5-13-6-11(12)9(10)4-7/h3-6H,1-2H3. The molecule has 2 heteroatoms. The second-order valence-corrected chi connectivity index (χ2v) is 4.46. The summed E-state index contributed by atoms with van der Waals surface area (Å²) in [4.78, 5) is 4.20. The first-order chi connectivity index (χ1) is 6.18. The number of nitrogens with zero attached hydrogens (tertiary/aromatic N) is 1. The monoisotopic (exact) mass is 283 g/mol. The summed E-state index contributed by atoms with van der Waals surface area (Å²) in [5.41, 5.74) is 2.62. The number of halogens is 1. The third-order valence-electron chi connectivity index (χ3n) is 2.18. The maximum atomic E-state index is 4.20. The Morgan fingerprint density at radius 3 is 2.62 bits per heavy atom. The van der Waals surface area contributed by atoms with Crippen LogP contribution in [0, 0.1) is 17.4 Å². The molecule has 2 rings (SSSR count). The maximum Gasteiger partial charge on any atom is 0.0408 e. The molecule has 0 radical (unpaired) electrons. The summed E-state index contributed by atoms with van der Waals surface area (Å²) in [5, 5.41) is 2.57. The number of pyridine rings is 1. The largest absolute Gasteiger partial charge is 0.263 e. The molecule has 0 aliphatic rings. The fraction of sp³-hybridized carbons (Fsp3) is 0.182. The van der Waals surface area contributed by atoms with E-state index in [2.05, 4.69) is 53.6 Å². The number of aromatic nitrogens is 1. The lowest BCUT2D eigenvalue weighted by Crippen LogP contribution is -1.86. The van der Waals surface area contributed by atoms with Crippen molar-refractivity contribution in [3.8, 4) is 0 Å². The molecule has 0 amide bonds. The van der Waals surface area contributed by atoms with Crippen molar-refractivity contribution in [2.75, 3.05) is 0 Å². The second-order valence-electron chi connectivity index (χ2n) is 3.30. The van der Waals surface area contributed by atoms with E-state index < -0.39 is 0 Å². The molecule has 13 heavy (non-hydrogen) atoms. The molecule has 0 fully saturated rings. The number of fused-ring (bicyclic) bond motifs is 1. The fourth-order valence-electron chi connectivity index (χ4n) is 1.59. The van der Waals surface area contributed by atoms with Crippen molar-refractivity contribution < 1.29 is 0 Å². The van der Waals surface area contributed by atoms with Crippen LogP contribution < -0.4 is 0 Å². The molecule has 0 aliphatic carbocycles. The van der Waals surface area contributed by atoms with Gasteiger partial charge in [0.05, 0.1) is 0 Å². The van der Waals surface area contributed by atoms with Gasteiger partial charge in [-0.3, -0.25) is 4.98 Å². The van der Waals surface area contributed by atoms with Gasteiger partial charge in [0.2, 0.25) is 0 Å². The highest BCUT2D eigenvalue weighted by atomic mass is 127. The number of hydrogen-bond donors (Lipinski definition) is 0. The number of benzene rings is 1. The summed E-state index contributed by atoms with van der Waals surface area (Å²) in [7, 11) is 0. The van der Waals surface area contributed by atoms with Crippen molar-refractivity contribution in [3.05, 3.63) is 39.2 Å². The van der Waals surface area contributed by atoms with Crippen molar-refractivity contribution in [2.45, 2.75) is 13.8 Å². The Balaban J connectivity index is 2.94. The fourth-order valence-corrected chi connectivity index (χ4v) is 2.20. The molecule has 0 N–H and O–H groups in total. The lowest BCUT2D eigenvalue weighted by Gasteiger charge is -2.04. The van der Waals surface area contributed by atoms with Gasteiger partial charge in [0.15, 0.2) is 0 Å². The van der Waals surface area contributed by atoms with Crippen LogP contribution in [0.2, 0.25) is 0 Å². The van der Waals surface area contributed by atoms with Crippen molar-refractivity contribution in [1.29, 1.82) is 0 Å². The molecule has 0 bridgehead atoms. The average molecular weight is 283 g/mol. The molecular weight excluding hydrogens is 273 g/mol. The van der Waals surface area contributed by atoms with Crippen molar-refractivity contribution >= 4 is 33.4 Å². The zero-order valence-electron chi connectivity index (χ0n) is 7.63. The first-order valence-electron chi connectivity index (χ1n) is 4.19. The first-order valence-corrected chi connectivity index (χ1v) is 5.27. The summed E-state index contributed by atoms with van der Waals surface area (Å²) in [6.45, 7) is 4.26. The van der Waals surface area contributed by atoms with Gasteiger partial charge in [0, 0.05) is 21.4 Å². The Bertz CT molecular complexity index is 463. The predicted molar refractivity (Wildman–Crippen MR) is 63.9 cm³/mol. The Labute approximate surface area is 91.3 Å². The summed E-state index contributed by atoms with van der Waals surface area (Å²) in [6.07, 6.45) is 3.84. The number of hydrogen-bond acceptors (Lipinski definition) is 1. The lowest BCUT2D eigenvalue weighted by atomic mass is 10.0. The van der Waals surface area contributed by atoms with E-state index >= 15 is 0 Å². The first kappa shape index (κ1) is 8.94. The summed E-state index contributed by atoms with van der Waals surface area (Å²) >= 11 is 2.33. The summed E-state index contributed by atoms with van der Waals surface area (Å²) in [6, 6.07) is 4.41. The van der Waals surface area contributed by atoms with Crippen molar-refractivity contribution in [1.82, 2.24) is 4.98 Å². The molecule has 1 aromatic carbocycles. The Morgan fingerprint density at radius 2 is 1.85 bits per heavy atom. The van der Waals surface area contributed by atoms with Crippen molar-refractivity contribution in [3.63, 3.8) is 0 Å². The molecule has 0 spiro atoms. The van der Waals surface area contributed by atoms with E-state index in [9.17, 15) is 0 Å². The number of rotatable bonds is 0.